The van der Waals surface area contributed by atoms with Crippen LogP contribution in [-0.2, 0) is 11.2 Å². The summed E-state index contributed by atoms with van der Waals surface area (Å²) in [6.45, 7) is 2.05. The molecule has 2 aromatic carbocycles. The van der Waals surface area contributed by atoms with E-state index >= 15 is 0 Å². The first-order valence-corrected chi connectivity index (χ1v) is 11.7. The zero-order valence-corrected chi connectivity index (χ0v) is 20.0. The molecule has 33 heavy (non-hydrogen) atoms. The second kappa shape index (κ2) is 9.69. The Morgan fingerprint density at radius 1 is 1.06 bits per heavy atom. The Kier molecular flexibility index (Phi) is 6.72. The molecular weight excluding hydrogens is 414 g/mol. The van der Waals surface area contributed by atoms with E-state index in [1.54, 1.807) is 26.1 Å². The molecule has 1 aliphatic rings. The highest BCUT2D eigenvalue weighted by molar-refractivity contribution is 6.14. The molecule has 0 aliphatic heterocycles. The predicted molar refractivity (Wildman–Crippen MR) is 132 cm³/mol. The van der Waals surface area contributed by atoms with Crippen LogP contribution < -0.4 is 10.1 Å². The molecule has 6 nitrogen and oxygen atoms in total. The zero-order valence-electron chi connectivity index (χ0n) is 20.0. The minimum Gasteiger partial charge on any atom is -0.497 e. The number of methoxy groups -OCH3 is 1. The van der Waals surface area contributed by atoms with Crippen LogP contribution in [0.15, 0.2) is 42.5 Å². The van der Waals surface area contributed by atoms with Crippen LogP contribution >= 0.6 is 0 Å². The van der Waals surface area contributed by atoms with E-state index in [9.17, 15) is 9.59 Å². The Labute approximate surface area is 195 Å². The molecule has 1 saturated carbocycles. The molecule has 3 aromatic rings. The van der Waals surface area contributed by atoms with Crippen LogP contribution in [0.1, 0.15) is 59.8 Å². The number of hydrogen-bond acceptors (Lipinski definition) is 3. The van der Waals surface area contributed by atoms with E-state index in [1.165, 1.54) is 19.3 Å². The SMILES string of the molecule is COc1ccc2c(c1)c(C(=O)Nc1ccc(CC(=O)N(C)C)cc1)c(C)n2C1CCCCC1. The van der Waals surface area contributed by atoms with Gasteiger partial charge in [0.05, 0.1) is 19.1 Å². The number of carbonyl (C=O) groups is 2. The van der Waals surface area contributed by atoms with Gasteiger partial charge in [-0.2, -0.15) is 0 Å². The van der Waals surface area contributed by atoms with Gasteiger partial charge < -0.3 is 19.5 Å². The molecule has 1 aliphatic carbocycles. The molecule has 1 fully saturated rings. The Balaban J connectivity index is 1.65. The van der Waals surface area contributed by atoms with E-state index in [4.69, 9.17) is 4.74 Å². The fourth-order valence-corrected chi connectivity index (χ4v) is 4.88. The van der Waals surface area contributed by atoms with Crippen LogP contribution in [0, 0.1) is 6.92 Å². The van der Waals surface area contributed by atoms with Crippen molar-refractivity contribution in [1.29, 1.82) is 0 Å². The first kappa shape index (κ1) is 22.9. The van der Waals surface area contributed by atoms with Gasteiger partial charge in [-0.15, -0.1) is 0 Å². The number of nitrogens with zero attached hydrogens (tertiary/aromatic N) is 2. The van der Waals surface area contributed by atoms with Gasteiger partial charge in [0.25, 0.3) is 5.91 Å². The number of benzene rings is 2. The Morgan fingerprint density at radius 2 is 1.76 bits per heavy atom. The fourth-order valence-electron chi connectivity index (χ4n) is 4.88. The number of hydrogen-bond donors (Lipinski definition) is 1. The maximum Gasteiger partial charge on any atom is 0.258 e. The number of fused-ring (bicyclic) bond motifs is 1. The van der Waals surface area contributed by atoms with Crippen molar-refractivity contribution in [3.63, 3.8) is 0 Å². The van der Waals surface area contributed by atoms with Crippen molar-refractivity contribution in [2.75, 3.05) is 26.5 Å². The summed E-state index contributed by atoms with van der Waals surface area (Å²) in [5.41, 5.74) is 4.41. The number of rotatable bonds is 6. The number of amides is 2. The van der Waals surface area contributed by atoms with Crippen LogP contribution in [0.25, 0.3) is 10.9 Å². The van der Waals surface area contributed by atoms with Gasteiger partial charge in [-0.25, -0.2) is 0 Å². The van der Waals surface area contributed by atoms with Crippen LogP contribution in [0.2, 0.25) is 0 Å². The molecule has 2 amide bonds. The van der Waals surface area contributed by atoms with Gasteiger partial charge in [-0.3, -0.25) is 9.59 Å². The van der Waals surface area contributed by atoms with Gasteiger partial charge in [-0.05, 0) is 55.7 Å². The van der Waals surface area contributed by atoms with Gasteiger partial charge in [-0.1, -0.05) is 31.4 Å². The zero-order chi connectivity index (χ0) is 23.5. The lowest BCUT2D eigenvalue weighted by Crippen LogP contribution is -2.23. The summed E-state index contributed by atoms with van der Waals surface area (Å²) in [6.07, 6.45) is 6.37. The van der Waals surface area contributed by atoms with E-state index in [0.717, 1.165) is 40.8 Å². The standard InChI is InChI=1S/C27H33N3O3/c1-18-26(27(32)28-20-12-10-19(11-13-20)16-25(31)29(2)3)23-17-22(33-4)14-15-24(23)30(18)21-8-6-5-7-9-21/h10-15,17,21H,5-9,16H2,1-4H3,(H,28,32). The molecule has 1 heterocycles. The summed E-state index contributed by atoms with van der Waals surface area (Å²) < 4.78 is 7.82. The molecule has 1 N–H and O–H groups in total. The Morgan fingerprint density at radius 3 is 2.39 bits per heavy atom. The maximum absolute atomic E-state index is 13.5. The molecule has 0 saturated heterocycles. The summed E-state index contributed by atoms with van der Waals surface area (Å²) in [4.78, 5) is 27.0. The maximum atomic E-state index is 13.5. The Hall–Kier alpha value is -3.28. The van der Waals surface area contributed by atoms with E-state index in [2.05, 4.69) is 16.0 Å². The first-order chi connectivity index (χ1) is 15.9. The average molecular weight is 448 g/mol. The predicted octanol–water partition coefficient (Wildman–Crippen LogP) is 5.35. The van der Waals surface area contributed by atoms with Gasteiger partial charge in [0, 0.05) is 42.4 Å². The van der Waals surface area contributed by atoms with Crippen LogP contribution in [-0.4, -0.2) is 42.5 Å². The van der Waals surface area contributed by atoms with Crippen molar-refractivity contribution in [1.82, 2.24) is 9.47 Å². The summed E-state index contributed by atoms with van der Waals surface area (Å²) in [5.74, 6) is 0.663. The van der Waals surface area contributed by atoms with Crippen molar-refractivity contribution >= 4 is 28.4 Å². The fraction of sp³-hybridized carbons (Fsp3) is 0.407. The van der Waals surface area contributed by atoms with Crippen LogP contribution in [0.3, 0.4) is 0 Å². The topological polar surface area (TPSA) is 63.6 Å². The van der Waals surface area contributed by atoms with Crippen molar-refractivity contribution in [2.45, 2.75) is 51.5 Å². The monoisotopic (exact) mass is 447 g/mol. The molecule has 0 radical (unpaired) electrons. The third-order valence-corrected chi connectivity index (χ3v) is 6.69. The first-order valence-electron chi connectivity index (χ1n) is 11.7. The smallest absolute Gasteiger partial charge is 0.258 e. The molecule has 4 rings (SSSR count). The van der Waals surface area contributed by atoms with Crippen molar-refractivity contribution < 1.29 is 14.3 Å². The lowest BCUT2D eigenvalue weighted by Gasteiger charge is -2.26. The number of likely N-dealkylation sites (N-methyl/N-ethyl adjacent to an activating group) is 1. The van der Waals surface area contributed by atoms with E-state index in [0.29, 0.717) is 23.7 Å². The van der Waals surface area contributed by atoms with Gasteiger partial charge in [0.15, 0.2) is 0 Å². The summed E-state index contributed by atoms with van der Waals surface area (Å²) >= 11 is 0. The second-order valence-corrected chi connectivity index (χ2v) is 9.12. The molecule has 0 atom stereocenters. The van der Waals surface area contributed by atoms with Gasteiger partial charge >= 0.3 is 0 Å². The van der Waals surface area contributed by atoms with Crippen LogP contribution in [0.5, 0.6) is 5.75 Å². The van der Waals surface area contributed by atoms with Crippen molar-refractivity contribution in [3.05, 3.63) is 59.3 Å². The molecule has 1 aromatic heterocycles. The van der Waals surface area contributed by atoms with Crippen LogP contribution in [0.4, 0.5) is 5.69 Å². The minimum atomic E-state index is -0.127. The largest absolute Gasteiger partial charge is 0.497 e. The molecular formula is C27H33N3O3. The van der Waals surface area contributed by atoms with E-state index in [-0.39, 0.29) is 11.8 Å². The van der Waals surface area contributed by atoms with Crippen molar-refractivity contribution in [3.8, 4) is 5.75 Å². The highest BCUT2D eigenvalue weighted by Crippen LogP contribution is 2.37. The highest BCUT2D eigenvalue weighted by Gasteiger charge is 2.25. The van der Waals surface area contributed by atoms with E-state index < -0.39 is 0 Å². The quantitative estimate of drug-likeness (QED) is 0.554. The number of anilines is 1. The lowest BCUT2D eigenvalue weighted by atomic mass is 9.95. The van der Waals surface area contributed by atoms with Gasteiger partial charge in [0.2, 0.25) is 5.91 Å². The third kappa shape index (κ3) is 4.75. The normalized spacial score (nSPS) is 14.3. The average Bonchev–Trinajstić information content (AvgIpc) is 3.11. The molecule has 0 spiro atoms. The third-order valence-electron chi connectivity index (χ3n) is 6.69. The second-order valence-electron chi connectivity index (χ2n) is 9.12. The highest BCUT2D eigenvalue weighted by atomic mass is 16.5. The minimum absolute atomic E-state index is 0.0480. The molecule has 174 valence electrons. The molecule has 6 heteroatoms. The van der Waals surface area contributed by atoms with Crippen molar-refractivity contribution in [2.24, 2.45) is 0 Å². The molecule has 0 bridgehead atoms. The number of aromatic nitrogens is 1. The summed E-state index contributed by atoms with van der Waals surface area (Å²) in [7, 11) is 5.14. The lowest BCUT2D eigenvalue weighted by molar-refractivity contribution is -0.127. The summed E-state index contributed by atoms with van der Waals surface area (Å²) in [5, 5.41) is 3.98. The van der Waals surface area contributed by atoms with E-state index in [1.807, 2.05) is 43.3 Å². The Bertz CT molecular complexity index is 1160. The number of carbonyl (C=O) groups excluding carboxylic acids is 2. The number of nitrogens with one attached hydrogen (secondary N) is 1. The summed E-state index contributed by atoms with van der Waals surface area (Å²) in [6, 6.07) is 13.9. The number of ether oxygens (including phenoxy) is 1. The van der Waals surface area contributed by atoms with Gasteiger partial charge in [0.1, 0.15) is 5.75 Å². The molecule has 0 unspecified atom stereocenters.